The maximum atomic E-state index is 12.9. The lowest BCUT2D eigenvalue weighted by molar-refractivity contribution is 0.169. The van der Waals surface area contributed by atoms with Gasteiger partial charge in [-0.25, -0.2) is 22.5 Å². The van der Waals surface area contributed by atoms with Crippen LogP contribution < -0.4 is 5.43 Å². The van der Waals surface area contributed by atoms with Crippen LogP contribution in [0.5, 0.6) is 0 Å². The van der Waals surface area contributed by atoms with E-state index in [0.717, 1.165) is 23.0 Å². The Hall–Kier alpha value is -1.60. The fourth-order valence-electron chi connectivity index (χ4n) is 3.96. The van der Waals surface area contributed by atoms with Crippen LogP contribution in [0.4, 0.5) is 4.79 Å². The molecule has 1 heterocycles. The maximum absolute atomic E-state index is 12.9. The number of sulfonamides is 1. The Balaban J connectivity index is 1.76. The van der Waals surface area contributed by atoms with Crippen LogP contribution in [-0.2, 0) is 10.0 Å². The second-order valence-corrected chi connectivity index (χ2v) is 9.30. The summed E-state index contributed by atoms with van der Waals surface area (Å²) in [6.45, 7) is 6.95. The second-order valence-electron chi connectivity index (χ2n) is 7.48. The van der Waals surface area contributed by atoms with E-state index in [1.165, 1.54) is 19.3 Å². The van der Waals surface area contributed by atoms with E-state index < -0.39 is 22.1 Å². The van der Waals surface area contributed by atoms with Crippen LogP contribution in [0.2, 0.25) is 0 Å². The van der Waals surface area contributed by atoms with Gasteiger partial charge in [0.1, 0.15) is 0 Å². The van der Waals surface area contributed by atoms with Gasteiger partial charge >= 0.3 is 6.03 Å². The fraction of sp³-hybridized carbons (Fsp3) is 0.611. The number of aryl methyl sites for hydroxylation is 1. The normalized spacial score (nSPS) is 23.7. The van der Waals surface area contributed by atoms with Crippen LogP contribution in [0.15, 0.2) is 29.2 Å². The number of hydrogen-bond donors (Lipinski definition) is 1. The molecular weight excluding hydrogens is 338 g/mol. The first-order chi connectivity index (χ1) is 11.8. The Kier molecular flexibility index (Phi) is 5.06. The summed E-state index contributed by atoms with van der Waals surface area (Å²) in [5.41, 5.74) is 3.79. The lowest BCUT2D eigenvalue weighted by Gasteiger charge is -2.29. The molecule has 1 aliphatic heterocycles. The van der Waals surface area contributed by atoms with Crippen LogP contribution in [0, 0.1) is 18.8 Å². The van der Waals surface area contributed by atoms with E-state index in [1.54, 1.807) is 38.1 Å². The third-order valence-electron chi connectivity index (χ3n) is 5.23. The molecule has 1 N–H and O–H groups in total. The van der Waals surface area contributed by atoms with Crippen LogP contribution in [0.25, 0.3) is 0 Å². The summed E-state index contributed by atoms with van der Waals surface area (Å²) in [5.74, 6) is 1.25. The number of nitrogens with zero attached hydrogens (tertiary/aromatic N) is 2. The maximum Gasteiger partial charge on any atom is 0.346 e. The van der Waals surface area contributed by atoms with E-state index in [-0.39, 0.29) is 4.90 Å². The standard InChI is InChI=1S/C18H27N3O3S/c1-13(2)21(25(23,24)17-9-7-14(3)8-10-17)18(22)19-20-11-15-5-4-6-16(15)12-20/h7-10,13,15-16H,4-6,11-12H2,1-3H3,(H,19,22). The molecule has 2 atom stereocenters. The summed E-state index contributed by atoms with van der Waals surface area (Å²) in [6.07, 6.45) is 3.66. The highest BCUT2D eigenvalue weighted by Gasteiger charge is 2.39. The van der Waals surface area contributed by atoms with E-state index in [4.69, 9.17) is 0 Å². The summed E-state index contributed by atoms with van der Waals surface area (Å²) in [7, 11) is -3.88. The Morgan fingerprint density at radius 2 is 1.72 bits per heavy atom. The van der Waals surface area contributed by atoms with Crippen molar-refractivity contribution in [2.75, 3.05) is 13.1 Å². The summed E-state index contributed by atoms with van der Waals surface area (Å²) in [5, 5.41) is 1.89. The van der Waals surface area contributed by atoms with Crippen molar-refractivity contribution in [2.45, 2.75) is 51.0 Å². The number of nitrogens with one attached hydrogen (secondary N) is 1. The predicted molar refractivity (Wildman–Crippen MR) is 96.3 cm³/mol. The van der Waals surface area contributed by atoms with E-state index in [0.29, 0.717) is 11.8 Å². The Bertz CT molecular complexity index is 718. The SMILES string of the molecule is Cc1ccc(S(=O)(=O)N(C(=O)NN2CC3CCCC3C2)C(C)C)cc1. The molecule has 7 heteroatoms. The summed E-state index contributed by atoms with van der Waals surface area (Å²) in [6, 6.07) is 5.54. The van der Waals surface area contributed by atoms with Crippen molar-refractivity contribution in [1.82, 2.24) is 14.7 Å². The number of fused-ring (bicyclic) bond motifs is 1. The summed E-state index contributed by atoms with van der Waals surface area (Å²) in [4.78, 5) is 12.9. The van der Waals surface area contributed by atoms with Gasteiger partial charge in [0.15, 0.2) is 0 Å². The van der Waals surface area contributed by atoms with Crippen LogP contribution in [0.3, 0.4) is 0 Å². The third kappa shape index (κ3) is 3.67. The van der Waals surface area contributed by atoms with Gasteiger partial charge in [-0.1, -0.05) is 24.1 Å². The number of amides is 2. The molecule has 138 valence electrons. The molecule has 2 amide bonds. The van der Waals surface area contributed by atoms with Gasteiger partial charge in [0, 0.05) is 19.1 Å². The van der Waals surface area contributed by atoms with Crippen molar-refractivity contribution < 1.29 is 13.2 Å². The fourth-order valence-corrected chi connectivity index (χ4v) is 5.48. The molecule has 1 aromatic carbocycles. The van der Waals surface area contributed by atoms with Gasteiger partial charge in [-0.3, -0.25) is 5.43 Å². The van der Waals surface area contributed by atoms with Gasteiger partial charge in [0.05, 0.1) is 4.90 Å². The molecule has 2 aliphatic rings. The van der Waals surface area contributed by atoms with E-state index in [1.807, 2.05) is 11.9 Å². The van der Waals surface area contributed by atoms with Crippen molar-refractivity contribution in [1.29, 1.82) is 0 Å². The molecule has 3 rings (SSSR count). The minimum absolute atomic E-state index is 0.139. The molecule has 25 heavy (non-hydrogen) atoms. The molecule has 2 unspecified atom stereocenters. The van der Waals surface area contributed by atoms with Gasteiger partial charge in [-0.15, -0.1) is 0 Å². The smallest absolute Gasteiger partial charge is 0.270 e. The first-order valence-electron chi connectivity index (χ1n) is 8.95. The van der Waals surface area contributed by atoms with Gasteiger partial charge in [-0.2, -0.15) is 0 Å². The monoisotopic (exact) mass is 365 g/mol. The van der Waals surface area contributed by atoms with Crippen molar-refractivity contribution in [3.63, 3.8) is 0 Å². The van der Waals surface area contributed by atoms with E-state index in [2.05, 4.69) is 5.43 Å². The summed E-state index contributed by atoms with van der Waals surface area (Å²) < 4.78 is 26.8. The molecule has 2 fully saturated rings. The first-order valence-corrected chi connectivity index (χ1v) is 10.4. The van der Waals surface area contributed by atoms with Crippen LogP contribution in [-0.4, -0.2) is 42.9 Å². The topological polar surface area (TPSA) is 69.7 Å². The average molecular weight is 365 g/mol. The van der Waals surface area contributed by atoms with Crippen molar-refractivity contribution in [3.05, 3.63) is 29.8 Å². The number of rotatable bonds is 4. The molecule has 1 saturated carbocycles. The summed E-state index contributed by atoms with van der Waals surface area (Å²) >= 11 is 0. The molecular formula is C18H27N3O3S. The first kappa shape index (κ1) is 18.2. The molecule has 0 bridgehead atoms. The van der Waals surface area contributed by atoms with Crippen LogP contribution in [0.1, 0.15) is 38.7 Å². The van der Waals surface area contributed by atoms with E-state index >= 15 is 0 Å². The zero-order valence-electron chi connectivity index (χ0n) is 15.1. The van der Waals surface area contributed by atoms with Gasteiger partial charge in [-0.05, 0) is 57.6 Å². The zero-order chi connectivity index (χ0) is 18.2. The number of carbonyl (C=O) groups is 1. The van der Waals surface area contributed by atoms with Gasteiger partial charge < -0.3 is 0 Å². The number of benzene rings is 1. The molecule has 0 radical (unpaired) electrons. The Morgan fingerprint density at radius 3 is 2.24 bits per heavy atom. The highest BCUT2D eigenvalue weighted by molar-refractivity contribution is 7.89. The lowest BCUT2D eigenvalue weighted by atomic mass is 10.0. The van der Waals surface area contributed by atoms with Crippen molar-refractivity contribution in [3.8, 4) is 0 Å². The quantitative estimate of drug-likeness (QED) is 0.891. The molecule has 1 aromatic rings. The van der Waals surface area contributed by atoms with Gasteiger partial charge in [0.25, 0.3) is 10.0 Å². The minimum Gasteiger partial charge on any atom is -0.270 e. The highest BCUT2D eigenvalue weighted by atomic mass is 32.2. The Labute approximate surface area is 150 Å². The number of urea groups is 1. The zero-order valence-corrected chi connectivity index (χ0v) is 15.9. The van der Waals surface area contributed by atoms with Gasteiger partial charge in [0.2, 0.25) is 0 Å². The van der Waals surface area contributed by atoms with Crippen molar-refractivity contribution in [2.24, 2.45) is 11.8 Å². The number of hydrazine groups is 1. The Morgan fingerprint density at radius 1 is 1.16 bits per heavy atom. The lowest BCUT2D eigenvalue weighted by Crippen LogP contribution is -2.52. The molecule has 6 nitrogen and oxygen atoms in total. The van der Waals surface area contributed by atoms with Crippen LogP contribution >= 0.6 is 0 Å². The molecule has 1 aliphatic carbocycles. The number of carbonyl (C=O) groups excluding carboxylic acids is 1. The van der Waals surface area contributed by atoms with Crippen molar-refractivity contribution >= 4 is 16.1 Å². The minimum atomic E-state index is -3.88. The largest absolute Gasteiger partial charge is 0.346 e. The second kappa shape index (κ2) is 6.96. The molecule has 1 saturated heterocycles. The molecule has 0 aromatic heterocycles. The third-order valence-corrected chi connectivity index (χ3v) is 7.20. The highest BCUT2D eigenvalue weighted by Crippen LogP contribution is 2.37. The number of hydrogen-bond acceptors (Lipinski definition) is 4. The van der Waals surface area contributed by atoms with E-state index in [9.17, 15) is 13.2 Å². The predicted octanol–water partition coefficient (Wildman–Crippen LogP) is 2.75. The molecule has 0 spiro atoms. The average Bonchev–Trinajstić information content (AvgIpc) is 3.08.